The van der Waals surface area contributed by atoms with E-state index in [4.69, 9.17) is 12.2 Å². The van der Waals surface area contributed by atoms with Crippen molar-refractivity contribution in [3.63, 3.8) is 0 Å². The minimum Gasteiger partial charge on any atom is -0.481 e. The lowest BCUT2D eigenvalue weighted by molar-refractivity contribution is -0.143. The van der Waals surface area contributed by atoms with E-state index in [9.17, 15) is 9.90 Å². The first-order valence-corrected chi connectivity index (χ1v) is 11.2. The van der Waals surface area contributed by atoms with Crippen molar-refractivity contribution in [2.45, 2.75) is 53.0 Å². The molecule has 0 saturated heterocycles. The van der Waals surface area contributed by atoms with Crippen LogP contribution in [0.3, 0.4) is 0 Å². The molecule has 0 atom stereocenters. The number of thiocarbonyl (C=S) groups is 1. The van der Waals surface area contributed by atoms with Gasteiger partial charge in [-0.15, -0.1) is 0 Å². The van der Waals surface area contributed by atoms with Crippen molar-refractivity contribution in [2.24, 2.45) is 11.8 Å². The molecule has 3 rings (SSSR count). The van der Waals surface area contributed by atoms with E-state index in [1.54, 1.807) is 0 Å². The molecule has 0 heterocycles. The van der Waals surface area contributed by atoms with Gasteiger partial charge in [0.25, 0.3) is 0 Å². The normalized spacial score (nSPS) is 18.6. The number of nitrogens with one attached hydrogen (secondary N) is 1. The van der Waals surface area contributed by atoms with Gasteiger partial charge in [-0.05, 0) is 86.8 Å². The number of rotatable bonds is 6. The maximum absolute atomic E-state index is 11.3. The van der Waals surface area contributed by atoms with Gasteiger partial charge in [0.15, 0.2) is 5.11 Å². The summed E-state index contributed by atoms with van der Waals surface area (Å²) in [5.41, 5.74) is 5.95. The minimum atomic E-state index is -0.655. The van der Waals surface area contributed by atoms with Crippen molar-refractivity contribution in [2.75, 3.05) is 11.9 Å². The highest BCUT2D eigenvalue weighted by Crippen LogP contribution is 2.30. The Bertz CT molecular complexity index is 884. The zero-order valence-corrected chi connectivity index (χ0v) is 19.0. The number of hydrogen-bond acceptors (Lipinski definition) is 2. The Morgan fingerprint density at radius 2 is 1.60 bits per heavy atom. The Kier molecular flexibility index (Phi) is 7.48. The zero-order valence-electron chi connectivity index (χ0n) is 18.1. The molecule has 4 nitrogen and oxygen atoms in total. The van der Waals surface area contributed by atoms with Crippen molar-refractivity contribution >= 4 is 29.0 Å². The van der Waals surface area contributed by atoms with Gasteiger partial charge in [-0.1, -0.05) is 42.5 Å². The van der Waals surface area contributed by atoms with E-state index >= 15 is 0 Å². The summed E-state index contributed by atoms with van der Waals surface area (Å²) in [7, 11) is 0. The van der Waals surface area contributed by atoms with Crippen LogP contribution in [0.15, 0.2) is 42.5 Å². The van der Waals surface area contributed by atoms with Gasteiger partial charge in [0, 0.05) is 18.8 Å². The monoisotopic (exact) mass is 424 g/mol. The van der Waals surface area contributed by atoms with Crippen LogP contribution in [0, 0.1) is 32.6 Å². The molecule has 0 aromatic heterocycles. The summed E-state index contributed by atoms with van der Waals surface area (Å²) < 4.78 is 0. The molecule has 2 aromatic rings. The van der Waals surface area contributed by atoms with Gasteiger partial charge >= 0.3 is 5.97 Å². The molecule has 1 aliphatic rings. The first-order chi connectivity index (χ1) is 14.3. The van der Waals surface area contributed by atoms with Gasteiger partial charge in [0.05, 0.1) is 5.92 Å². The molecule has 5 heteroatoms. The molecule has 1 fully saturated rings. The largest absolute Gasteiger partial charge is 0.481 e. The van der Waals surface area contributed by atoms with Crippen LogP contribution >= 0.6 is 12.2 Å². The lowest BCUT2D eigenvalue weighted by Crippen LogP contribution is -2.39. The Labute approximate surface area is 185 Å². The number of carboxylic acids is 1. The predicted octanol–water partition coefficient (Wildman–Crippen LogP) is 5.70. The van der Waals surface area contributed by atoms with E-state index in [0.29, 0.717) is 5.92 Å². The number of carbonyl (C=O) groups is 1. The van der Waals surface area contributed by atoms with E-state index in [-0.39, 0.29) is 5.92 Å². The topological polar surface area (TPSA) is 52.6 Å². The number of aryl methyl sites for hydroxylation is 3. The van der Waals surface area contributed by atoms with Crippen molar-refractivity contribution < 1.29 is 9.90 Å². The fourth-order valence-corrected chi connectivity index (χ4v) is 4.55. The third-order valence-electron chi connectivity index (χ3n) is 6.30. The molecular weight excluding hydrogens is 392 g/mol. The maximum atomic E-state index is 11.3. The Hall–Kier alpha value is -2.40. The SMILES string of the molecule is Cc1ccccc1CN(CC1CCC(C(=O)O)CC1)C(=S)Nc1c(C)cccc1C. The maximum Gasteiger partial charge on any atom is 0.306 e. The summed E-state index contributed by atoms with van der Waals surface area (Å²) in [6, 6.07) is 14.7. The van der Waals surface area contributed by atoms with Gasteiger partial charge in [-0.25, -0.2) is 0 Å². The number of aliphatic carboxylic acids is 1. The second kappa shape index (κ2) is 10.1. The van der Waals surface area contributed by atoms with Gasteiger partial charge in [0.1, 0.15) is 0 Å². The van der Waals surface area contributed by atoms with Crippen LogP contribution in [-0.4, -0.2) is 27.6 Å². The first-order valence-electron chi connectivity index (χ1n) is 10.7. The van der Waals surface area contributed by atoms with E-state index in [0.717, 1.165) is 49.6 Å². The molecule has 0 amide bonds. The standard InChI is InChI=1S/C25H32N2O2S/c1-17-7-4-5-10-22(17)16-27(15-20-11-13-21(14-12-20)24(28)29)25(30)26-23-18(2)8-6-9-19(23)3/h4-10,20-21H,11-16H2,1-3H3,(H,26,30)(H,28,29). The molecule has 0 radical (unpaired) electrons. The Morgan fingerprint density at radius 3 is 2.20 bits per heavy atom. The van der Waals surface area contributed by atoms with Gasteiger partial charge in [-0.2, -0.15) is 0 Å². The molecule has 2 N–H and O–H groups in total. The van der Waals surface area contributed by atoms with Gasteiger partial charge in [-0.3, -0.25) is 4.79 Å². The Balaban J connectivity index is 1.76. The minimum absolute atomic E-state index is 0.189. The van der Waals surface area contributed by atoms with E-state index in [2.05, 4.69) is 73.5 Å². The second-order valence-corrected chi connectivity index (χ2v) is 8.95. The van der Waals surface area contributed by atoms with Crippen molar-refractivity contribution in [3.8, 4) is 0 Å². The summed E-state index contributed by atoms with van der Waals surface area (Å²) >= 11 is 5.87. The smallest absolute Gasteiger partial charge is 0.306 e. The van der Waals surface area contributed by atoms with Crippen molar-refractivity contribution in [1.82, 2.24) is 4.90 Å². The third-order valence-corrected chi connectivity index (χ3v) is 6.66. The van der Waals surface area contributed by atoms with Crippen LogP contribution in [-0.2, 0) is 11.3 Å². The summed E-state index contributed by atoms with van der Waals surface area (Å²) in [4.78, 5) is 13.6. The fraction of sp³-hybridized carbons (Fsp3) is 0.440. The quantitative estimate of drug-likeness (QED) is 0.583. The first kappa shape index (κ1) is 22.3. The second-order valence-electron chi connectivity index (χ2n) is 8.56. The lowest BCUT2D eigenvalue weighted by Gasteiger charge is -2.34. The lowest BCUT2D eigenvalue weighted by atomic mass is 9.82. The molecule has 160 valence electrons. The molecule has 0 bridgehead atoms. The molecule has 2 aromatic carbocycles. The Morgan fingerprint density at radius 1 is 1.00 bits per heavy atom. The zero-order chi connectivity index (χ0) is 21.7. The number of anilines is 1. The molecular formula is C25H32N2O2S. The molecule has 1 saturated carbocycles. The fourth-order valence-electron chi connectivity index (χ4n) is 4.31. The van der Waals surface area contributed by atoms with E-state index < -0.39 is 5.97 Å². The average molecular weight is 425 g/mol. The van der Waals surface area contributed by atoms with Crippen LogP contribution in [0.1, 0.15) is 47.9 Å². The van der Waals surface area contributed by atoms with E-state index in [1.807, 2.05) is 0 Å². The highest BCUT2D eigenvalue weighted by atomic mass is 32.1. The highest BCUT2D eigenvalue weighted by Gasteiger charge is 2.28. The summed E-state index contributed by atoms with van der Waals surface area (Å²) in [6.45, 7) is 7.92. The summed E-state index contributed by atoms with van der Waals surface area (Å²) in [5.74, 6) is -0.384. The summed E-state index contributed by atoms with van der Waals surface area (Å²) in [5, 5.41) is 13.5. The van der Waals surface area contributed by atoms with Crippen LogP contribution in [0.5, 0.6) is 0 Å². The van der Waals surface area contributed by atoms with Crippen LogP contribution in [0.2, 0.25) is 0 Å². The molecule has 30 heavy (non-hydrogen) atoms. The van der Waals surface area contributed by atoms with Crippen LogP contribution < -0.4 is 5.32 Å². The number of para-hydroxylation sites is 1. The van der Waals surface area contributed by atoms with Gasteiger partial charge in [0.2, 0.25) is 0 Å². The molecule has 0 unspecified atom stereocenters. The molecule has 0 aliphatic heterocycles. The van der Waals surface area contributed by atoms with E-state index in [1.165, 1.54) is 22.3 Å². The number of carboxylic acid groups (broad SMARTS) is 1. The number of benzene rings is 2. The third kappa shape index (κ3) is 5.60. The van der Waals surface area contributed by atoms with Gasteiger partial charge < -0.3 is 15.3 Å². The number of hydrogen-bond donors (Lipinski definition) is 2. The van der Waals surface area contributed by atoms with Crippen LogP contribution in [0.25, 0.3) is 0 Å². The van der Waals surface area contributed by atoms with Crippen molar-refractivity contribution in [1.29, 1.82) is 0 Å². The molecule has 0 spiro atoms. The molecule has 1 aliphatic carbocycles. The summed E-state index contributed by atoms with van der Waals surface area (Å²) in [6.07, 6.45) is 3.39. The highest BCUT2D eigenvalue weighted by molar-refractivity contribution is 7.80. The predicted molar refractivity (Wildman–Crippen MR) is 127 cm³/mol. The van der Waals surface area contributed by atoms with Crippen LogP contribution in [0.4, 0.5) is 5.69 Å². The number of nitrogens with zero attached hydrogens (tertiary/aromatic N) is 1. The van der Waals surface area contributed by atoms with Crippen molar-refractivity contribution in [3.05, 3.63) is 64.7 Å². The average Bonchev–Trinajstić information content (AvgIpc) is 2.72.